The number of unbranched alkanes of at least 4 members (excludes halogenated alkanes) is 3. The van der Waals surface area contributed by atoms with Crippen LogP contribution in [0.25, 0.3) is 0 Å². The van der Waals surface area contributed by atoms with E-state index >= 15 is 0 Å². The lowest BCUT2D eigenvalue weighted by Crippen LogP contribution is -2.40. The average Bonchev–Trinajstić information content (AvgIpc) is 2.44. The van der Waals surface area contributed by atoms with Crippen LogP contribution in [0.4, 0.5) is 5.69 Å². The van der Waals surface area contributed by atoms with Crippen molar-refractivity contribution in [1.29, 1.82) is 0 Å². The number of likely N-dealkylation sites (N-methyl/N-ethyl adjacent to an activating group) is 1. The summed E-state index contributed by atoms with van der Waals surface area (Å²) in [6.07, 6.45) is 6.46. The normalized spacial score (nSPS) is 12.4. The van der Waals surface area contributed by atoms with Gasteiger partial charge in [-0.2, -0.15) is 0 Å². The Morgan fingerprint density at radius 3 is 2.26 bits per heavy atom. The molecule has 1 rings (SSSR count). The van der Waals surface area contributed by atoms with Gasteiger partial charge in [0.05, 0.1) is 0 Å². The predicted octanol–water partition coefficient (Wildman–Crippen LogP) is 4.12. The maximum absolute atomic E-state index is 5.99. The first-order valence-electron chi connectivity index (χ1n) is 7.76. The standard InChI is InChI=1S/C17H30N2/c1-4-6-7-8-9-17(14-18)19(5-2)16-12-10-15(3)11-13-16/h10-13,17H,4-9,14,18H2,1-3H3. The molecule has 0 aliphatic heterocycles. The number of hydrogen-bond donors (Lipinski definition) is 1. The number of hydrogen-bond acceptors (Lipinski definition) is 2. The number of nitrogens with zero attached hydrogens (tertiary/aromatic N) is 1. The van der Waals surface area contributed by atoms with Crippen LogP contribution in [0.1, 0.15) is 51.5 Å². The minimum Gasteiger partial charge on any atom is -0.368 e. The summed E-state index contributed by atoms with van der Waals surface area (Å²) in [5.41, 5.74) is 8.61. The number of rotatable bonds is 9. The summed E-state index contributed by atoms with van der Waals surface area (Å²) in [5, 5.41) is 0. The van der Waals surface area contributed by atoms with Gasteiger partial charge in [-0.15, -0.1) is 0 Å². The van der Waals surface area contributed by atoms with Crippen molar-refractivity contribution >= 4 is 5.69 Å². The fourth-order valence-corrected chi connectivity index (χ4v) is 2.60. The van der Waals surface area contributed by atoms with Crippen molar-refractivity contribution in [2.24, 2.45) is 5.73 Å². The lowest BCUT2D eigenvalue weighted by Gasteiger charge is -2.32. The van der Waals surface area contributed by atoms with Crippen LogP contribution in [0.15, 0.2) is 24.3 Å². The number of nitrogens with two attached hydrogens (primary N) is 1. The zero-order chi connectivity index (χ0) is 14.1. The maximum atomic E-state index is 5.99. The molecule has 108 valence electrons. The summed E-state index contributed by atoms with van der Waals surface area (Å²) in [5.74, 6) is 0. The van der Waals surface area contributed by atoms with Crippen molar-refractivity contribution in [3.8, 4) is 0 Å². The van der Waals surface area contributed by atoms with Crippen molar-refractivity contribution in [3.63, 3.8) is 0 Å². The molecule has 0 aromatic heterocycles. The Hall–Kier alpha value is -1.02. The molecule has 1 aromatic carbocycles. The van der Waals surface area contributed by atoms with Crippen LogP contribution >= 0.6 is 0 Å². The Morgan fingerprint density at radius 2 is 1.74 bits per heavy atom. The molecule has 0 amide bonds. The van der Waals surface area contributed by atoms with E-state index < -0.39 is 0 Å². The van der Waals surface area contributed by atoms with Crippen LogP contribution < -0.4 is 10.6 Å². The third-order valence-corrected chi connectivity index (χ3v) is 3.81. The first kappa shape index (κ1) is 16.0. The predicted molar refractivity (Wildman–Crippen MR) is 85.8 cm³/mol. The van der Waals surface area contributed by atoms with Crippen molar-refractivity contribution in [2.75, 3.05) is 18.0 Å². The Balaban J connectivity index is 2.61. The molecule has 0 aliphatic rings. The average molecular weight is 262 g/mol. The highest BCUT2D eigenvalue weighted by Crippen LogP contribution is 2.20. The van der Waals surface area contributed by atoms with Gasteiger partial charge in [0.15, 0.2) is 0 Å². The Bertz CT molecular complexity index is 332. The first-order chi connectivity index (χ1) is 9.22. The number of aryl methyl sites for hydroxylation is 1. The summed E-state index contributed by atoms with van der Waals surface area (Å²) in [6, 6.07) is 9.27. The van der Waals surface area contributed by atoms with E-state index in [1.54, 1.807) is 0 Å². The van der Waals surface area contributed by atoms with Crippen LogP contribution in [-0.4, -0.2) is 19.1 Å². The van der Waals surface area contributed by atoms with Crippen LogP contribution in [0.5, 0.6) is 0 Å². The molecule has 2 heteroatoms. The van der Waals surface area contributed by atoms with Crippen LogP contribution in [0, 0.1) is 6.92 Å². The van der Waals surface area contributed by atoms with E-state index in [4.69, 9.17) is 5.73 Å². The monoisotopic (exact) mass is 262 g/mol. The van der Waals surface area contributed by atoms with Gasteiger partial charge in [-0.25, -0.2) is 0 Å². The fourth-order valence-electron chi connectivity index (χ4n) is 2.60. The zero-order valence-electron chi connectivity index (χ0n) is 12.9. The van der Waals surface area contributed by atoms with E-state index in [-0.39, 0.29) is 0 Å². The van der Waals surface area contributed by atoms with Gasteiger partial charge in [0.25, 0.3) is 0 Å². The summed E-state index contributed by atoms with van der Waals surface area (Å²) in [4.78, 5) is 2.45. The molecule has 0 saturated carbocycles. The molecule has 0 spiro atoms. The van der Waals surface area contributed by atoms with E-state index in [2.05, 4.69) is 49.9 Å². The number of anilines is 1. The molecule has 0 aliphatic carbocycles. The van der Waals surface area contributed by atoms with E-state index in [0.717, 1.165) is 13.1 Å². The van der Waals surface area contributed by atoms with Crippen LogP contribution in [-0.2, 0) is 0 Å². The topological polar surface area (TPSA) is 29.3 Å². The van der Waals surface area contributed by atoms with Gasteiger partial charge in [0.1, 0.15) is 0 Å². The molecule has 0 saturated heterocycles. The molecule has 1 unspecified atom stereocenters. The molecule has 0 bridgehead atoms. The molecule has 19 heavy (non-hydrogen) atoms. The van der Waals surface area contributed by atoms with Gasteiger partial charge in [0.2, 0.25) is 0 Å². The molecule has 1 atom stereocenters. The van der Waals surface area contributed by atoms with Gasteiger partial charge in [-0.3, -0.25) is 0 Å². The van der Waals surface area contributed by atoms with Gasteiger partial charge in [-0.1, -0.05) is 50.3 Å². The maximum Gasteiger partial charge on any atom is 0.0412 e. The molecule has 2 N–H and O–H groups in total. The first-order valence-corrected chi connectivity index (χ1v) is 7.76. The molecular formula is C17H30N2. The summed E-state index contributed by atoms with van der Waals surface area (Å²) in [7, 11) is 0. The lowest BCUT2D eigenvalue weighted by atomic mass is 10.0. The van der Waals surface area contributed by atoms with Crippen molar-refractivity contribution < 1.29 is 0 Å². The van der Waals surface area contributed by atoms with Crippen LogP contribution in [0.3, 0.4) is 0 Å². The van der Waals surface area contributed by atoms with Gasteiger partial charge in [0, 0.05) is 24.8 Å². The SMILES string of the molecule is CCCCCCC(CN)N(CC)c1ccc(C)cc1. The van der Waals surface area contributed by atoms with Crippen molar-refractivity contribution in [3.05, 3.63) is 29.8 Å². The van der Waals surface area contributed by atoms with Gasteiger partial charge in [-0.05, 0) is 32.4 Å². The largest absolute Gasteiger partial charge is 0.368 e. The van der Waals surface area contributed by atoms with Crippen LogP contribution in [0.2, 0.25) is 0 Å². The third-order valence-electron chi connectivity index (χ3n) is 3.81. The third kappa shape index (κ3) is 5.23. The molecule has 0 heterocycles. The second-order valence-electron chi connectivity index (χ2n) is 5.36. The highest BCUT2D eigenvalue weighted by atomic mass is 15.2. The summed E-state index contributed by atoms with van der Waals surface area (Å²) >= 11 is 0. The lowest BCUT2D eigenvalue weighted by molar-refractivity contribution is 0.521. The second-order valence-corrected chi connectivity index (χ2v) is 5.36. The van der Waals surface area contributed by atoms with Crippen molar-refractivity contribution in [2.45, 2.75) is 58.9 Å². The minimum absolute atomic E-state index is 0.476. The smallest absolute Gasteiger partial charge is 0.0412 e. The van der Waals surface area contributed by atoms with Crippen molar-refractivity contribution in [1.82, 2.24) is 0 Å². The minimum atomic E-state index is 0.476. The summed E-state index contributed by atoms with van der Waals surface area (Å²) < 4.78 is 0. The summed E-state index contributed by atoms with van der Waals surface area (Å²) in [6.45, 7) is 8.37. The second kappa shape index (κ2) is 8.98. The quantitative estimate of drug-likeness (QED) is 0.678. The molecule has 0 radical (unpaired) electrons. The molecular weight excluding hydrogens is 232 g/mol. The zero-order valence-corrected chi connectivity index (χ0v) is 12.9. The van der Waals surface area contributed by atoms with Gasteiger partial charge >= 0.3 is 0 Å². The highest BCUT2D eigenvalue weighted by Gasteiger charge is 2.15. The highest BCUT2D eigenvalue weighted by molar-refractivity contribution is 5.48. The Morgan fingerprint density at radius 1 is 1.05 bits per heavy atom. The Kier molecular flexibility index (Phi) is 7.57. The van der Waals surface area contributed by atoms with E-state index in [1.807, 2.05) is 0 Å². The van der Waals surface area contributed by atoms with E-state index in [9.17, 15) is 0 Å². The Labute approximate surface area is 119 Å². The van der Waals surface area contributed by atoms with Gasteiger partial charge < -0.3 is 10.6 Å². The molecule has 2 nitrogen and oxygen atoms in total. The van der Waals surface area contributed by atoms with E-state index in [0.29, 0.717) is 6.04 Å². The number of benzene rings is 1. The molecule has 0 fully saturated rings. The molecule has 1 aromatic rings. The fraction of sp³-hybridized carbons (Fsp3) is 0.647. The van der Waals surface area contributed by atoms with E-state index in [1.165, 1.54) is 43.4 Å².